The number of carbonyl (C=O) groups excluding carboxylic acids is 2. The molecule has 168 valence electrons. The third kappa shape index (κ3) is 4.67. The summed E-state index contributed by atoms with van der Waals surface area (Å²) in [5.74, 6) is 0.0452. The van der Waals surface area contributed by atoms with Crippen LogP contribution in [0.25, 0.3) is 5.57 Å². The van der Waals surface area contributed by atoms with Crippen molar-refractivity contribution in [3.05, 3.63) is 101 Å². The molecule has 0 spiro atoms. The fourth-order valence-electron chi connectivity index (χ4n) is 3.97. The van der Waals surface area contributed by atoms with E-state index in [1.165, 1.54) is 4.90 Å². The van der Waals surface area contributed by atoms with Gasteiger partial charge >= 0.3 is 0 Å². The Morgan fingerprint density at radius 1 is 0.848 bits per heavy atom. The number of anilines is 1. The van der Waals surface area contributed by atoms with E-state index in [0.29, 0.717) is 29.3 Å². The highest BCUT2D eigenvalue weighted by Crippen LogP contribution is 2.35. The van der Waals surface area contributed by atoms with Gasteiger partial charge in [-0.25, -0.2) is 4.90 Å². The maximum atomic E-state index is 13.6. The second-order valence-electron chi connectivity index (χ2n) is 8.54. The van der Waals surface area contributed by atoms with Crippen molar-refractivity contribution in [2.24, 2.45) is 0 Å². The van der Waals surface area contributed by atoms with Crippen molar-refractivity contribution in [1.82, 2.24) is 4.90 Å². The van der Waals surface area contributed by atoms with Crippen LogP contribution in [0.4, 0.5) is 5.69 Å². The number of likely N-dealkylation sites (N-methyl/N-ethyl adjacent to an activating group) is 1. The predicted octanol–water partition coefficient (Wildman–Crippen LogP) is 5.20. The van der Waals surface area contributed by atoms with Gasteiger partial charge in [-0.3, -0.25) is 9.59 Å². The lowest BCUT2D eigenvalue weighted by atomic mass is 10.0. The molecule has 5 heteroatoms. The molecule has 4 rings (SSSR count). The van der Waals surface area contributed by atoms with Crippen LogP contribution in [0.15, 0.2) is 84.6 Å². The van der Waals surface area contributed by atoms with Crippen LogP contribution in [0.1, 0.15) is 30.5 Å². The largest absolute Gasteiger partial charge is 0.491 e. The highest BCUT2D eigenvalue weighted by atomic mass is 16.5. The number of carbonyl (C=O) groups is 2. The molecule has 2 amide bonds. The minimum absolute atomic E-state index is 0.0407. The van der Waals surface area contributed by atoms with Crippen LogP contribution in [0.2, 0.25) is 0 Å². The summed E-state index contributed by atoms with van der Waals surface area (Å²) in [6.45, 7) is 6.41. The molecule has 5 nitrogen and oxygen atoms in total. The second-order valence-corrected chi connectivity index (χ2v) is 8.54. The van der Waals surface area contributed by atoms with Crippen LogP contribution in [0, 0.1) is 6.92 Å². The monoisotopic (exact) mass is 440 g/mol. The Morgan fingerprint density at radius 3 is 2.09 bits per heavy atom. The summed E-state index contributed by atoms with van der Waals surface area (Å²) in [5, 5.41) is 0. The minimum Gasteiger partial charge on any atom is -0.491 e. The lowest BCUT2D eigenvalue weighted by Gasteiger charge is -2.22. The number of aryl methyl sites for hydroxylation is 1. The SMILES string of the molecule is Cc1ccc(C2=C(N(C)Cc3ccccc3)C(=O)N(c3ccc(OC(C)C)cc3)C2=O)cc1. The fraction of sp³-hybridized carbons (Fsp3) is 0.214. The molecule has 0 radical (unpaired) electrons. The van der Waals surface area contributed by atoms with Gasteiger partial charge in [0.1, 0.15) is 11.4 Å². The molecular weight excluding hydrogens is 412 g/mol. The molecule has 3 aromatic carbocycles. The number of hydrogen-bond acceptors (Lipinski definition) is 4. The number of nitrogens with zero attached hydrogens (tertiary/aromatic N) is 2. The first-order valence-electron chi connectivity index (χ1n) is 11.1. The molecule has 0 saturated carbocycles. The van der Waals surface area contributed by atoms with E-state index in [9.17, 15) is 9.59 Å². The van der Waals surface area contributed by atoms with Crippen LogP contribution in [0.5, 0.6) is 5.75 Å². The zero-order chi connectivity index (χ0) is 23.5. The third-order valence-electron chi connectivity index (χ3n) is 5.51. The summed E-state index contributed by atoms with van der Waals surface area (Å²) >= 11 is 0. The molecular formula is C28H28N2O3. The Morgan fingerprint density at radius 2 is 1.48 bits per heavy atom. The quantitative estimate of drug-likeness (QED) is 0.474. The number of hydrogen-bond donors (Lipinski definition) is 0. The lowest BCUT2D eigenvalue weighted by molar-refractivity contribution is -0.120. The standard InChI is InChI=1S/C28H28N2O3/c1-19(2)33-24-16-14-23(15-17-24)30-27(31)25(22-12-10-20(3)11-13-22)26(28(30)32)29(4)18-21-8-6-5-7-9-21/h5-17,19H,18H2,1-4H3. The van der Waals surface area contributed by atoms with Gasteiger partial charge in [-0.05, 0) is 56.2 Å². The molecule has 1 aliphatic heterocycles. The van der Waals surface area contributed by atoms with E-state index >= 15 is 0 Å². The van der Waals surface area contributed by atoms with Gasteiger partial charge in [0.25, 0.3) is 11.8 Å². The van der Waals surface area contributed by atoms with Crippen molar-refractivity contribution in [2.45, 2.75) is 33.4 Å². The van der Waals surface area contributed by atoms with E-state index in [4.69, 9.17) is 4.74 Å². The van der Waals surface area contributed by atoms with Crippen LogP contribution < -0.4 is 9.64 Å². The van der Waals surface area contributed by atoms with Gasteiger partial charge in [0, 0.05) is 13.6 Å². The molecule has 0 atom stereocenters. The van der Waals surface area contributed by atoms with Crippen molar-refractivity contribution >= 4 is 23.1 Å². The Balaban J connectivity index is 1.73. The van der Waals surface area contributed by atoms with Crippen LogP contribution >= 0.6 is 0 Å². The van der Waals surface area contributed by atoms with E-state index in [1.807, 2.05) is 87.3 Å². The molecule has 1 aliphatic rings. The van der Waals surface area contributed by atoms with Crippen LogP contribution in [-0.2, 0) is 16.1 Å². The fourth-order valence-corrected chi connectivity index (χ4v) is 3.97. The Labute approximate surface area is 194 Å². The molecule has 3 aromatic rings. The zero-order valence-electron chi connectivity index (χ0n) is 19.4. The zero-order valence-corrected chi connectivity index (χ0v) is 19.4. The number of ether oxygens (including phenoxy) is 1. The molecule has 0 unspecified atom stereocenters. The number of amides is 2. The van der Waals surface area contributed by atoms with Crippen molar-refractivity contribution < 1.29 is 14.3 Å². The van der Waals surface area contributed by atoms with Crippen LogP contribution in [0.3, 0.4) is 0 Å². The van der Waals surface area contributed by atoms with E-state index in [0.717, 1.165) is 16.7 Å². The molecule has 0 N–H and O–H groups in total. The summed E-state index contributed by atoms with van der Waals surface area (Å²) in [4.78, 5) is 30.4. The van der Waals surface area contributed by atoms with Gasteiger partial charge in [0.15, 0.2) is 0 Å². The summed E-state index contributed by atoms with van der Waals surface area (Å²) in [7, 11) is 1.85. The molecule has 0 saturated heterocycles. The first kappa shape index (κ1) is 22.3. The predicted molar refractivity (Wildman–Crippen MR) is 131 cm³/mol. The summed E-state index contributed by atoms with van der Waals surface area (Å²) < 4.78 is 5.71. The number of imide groups is 1. The Kier molecular flexibility index (Phi) is 6.31. The van der Waals surface area contributed by atoms with Gasteiger partial charge < -0.3 is 9.64 Å². The summed E-state index contributed by atoms with van der Waals surface area (Å²) in [6, 6.07) is 24.7. The minimum atomic E-state index is -0.327. The number of rotatable bonds is 7. The van der Waals surface area contributed by atoms with Crippen LogP contribution in [-0.4, -0.2) is 29.9 Å². The van der Waals surface area contributed by atoms with Crippen molar-refractivity contribution in [3.8, 4) is 5.75 Å². The highest BCUT2D eigenvalue weighted by molar-refractivity contribution is 6.45. The molecule has 0 fully saturated rings. The first-order chi connectivity index (χ1) is 15.8. The van der Waals surface area contributed by atoms with E-state index in [-0.39, 0.29) is 17.9 Å². The van der Waals surface area contributed by atoms with E-state index in [1.54, 1.807) is 24.3 Å². The van der Waals surface area contributed by atoms with E-state index < -0.39 is 0 Å². The topological polar surface area (TPSA) is 49.9 Å². The molecule has 0 aliphatic carbocycles. The first-order valence-corrected chi connectivity index (χ1v) is 11.1. The molecule has 0 aromatic heterocycles. The lowest BCUT2D eigenvalue weighted by Crippen LogP contribution is -2.34. The smallest absolute Gasteiger partial charge is 0.282 e. The summed E-state index contributed by atoms with van der Waals surface area (Å²) in [6.07, 6.45) is 0.0407. The number of benzene rings is 3. The highest BCUT2D eigenvalue weighted by Gasteiger charge is 2.41. The van der Waals surface area contributed by atoms with Gasteiger partial charge in [-0.2, -0.15) is 0 Å². The molecule has 33 heavy (non-hydrogen) atoms. The maximum absolute atomic E-state index is 13.6. The third-order valence-corrected chi connectivity index (χ3v) is 5.51. The van der Waals surface area contributed by atoms with Crippen molar-refractivity contribution in [1.29, 1.82) is 0 Å². The average Bonchev–Trinajstić information content (AvgIpc) is 3.05. The van der Waals surface area contributed by atoms with Gasteiger partial charge in [-0.15, -0.1) is 0 Å². The average molecular weight is 441 g/mol. The summed E-state index contributed by atoms with van der Waals surface area (Å²) in [5.41, 5.74) is 4.22. The molecule has 1 heterocycles. The van der Waals surface area contributed by atoms with Gasteiger partial charge in [0.2, 0.25) is 0 Å². The van der Waals surface area contributed by atoms with Crippen molar-refractivity contribution in [2.75, 3.05) is 11.9 Å². The molecule has 0 bridgehead atoms. The maximum Gasteiger partial charge on any atom is 0.282 e. The Hall–Kier alpha value is -3.86. The Bertz CT molecular complexity index is 1180. The van der Waals surface area contributed by atoms with Gasteiger partial charge in [-0.1, -0.05) is 60.2 Å². The second kappa shape index (κ2) is 9.33. The normalized spacial score (nSPS) is 13.8. The van der Waals surface area contributed by atoms with E-state index in [2.05, 4.69) is 0 Å². The van der Waals surface area contributed by atoms with Gasteiger partial charge in [0.05, 0.1) is 17.4 Å². The van der Waals surface area contributed by atoms with Crippen molar-refractivity contribution in [3.63, 3.8) is 0 Å².